The maximum atomic E-state index is 12.0. The number of benzene rings is 2. The molecule has 0 saturated carbocycles. The van der Waals surface area contributed by atoms with Gasteiger partial charge in [0.1, 0.15) is 12.6 Å². The Bertz CT molecular complexity index is 600. The molecular weight excluding hydrogens is 266 g/mol. The Hall–Kier alpha value is -2.33. The number of hydrogen-bond acceptors (Lipinski definition) is 3. The van der Waals surface area contributed by atoms with E-state index in [0.717, 1.165) is 11.1 Å². The Morgan fingerprint density at radius 3 is 2.33 bits per heavy atom. The van der Waals surface area contributed by atoms with Crippen molar-refractivity contribution in [2.24, 2.45) is 0 Å². The van der Waals surface area contributed by atoms with Crippen molar-refractivity contribution in [2.75, 3.05) is 0 Å². The number of carbonyl (C=O) groups is 1. The minimum Gasteiger partial charge on any atom is -0.437 e. The first-order valence-corrected chi connectivity index (χ1v) is 6.97. The average molecular weight is 283 g/mol. The van der Waals surface area contributed by atoms with Crippen LogP contribution in [0.1, 0.15) is 24.2 Å². The number of cyclic esters (lactones) is 1. The lowest BCUT2D eigenvalue weighted by Crippen LogP contribution is -2.32. The molecule has 108 valence electrons. The first kappa shape index (κ1) is 13.6. The molecule has 0 aromatic heterocycles. The molecule has 1 amide bonds. The predicted molar refractivity (Wildman–Crippen MR) is 78.2 cm³/mol. The zero-order valence-corrected chi connectivity index (χ0v) is 11.8. The summed E-state index contributed by atoms with van der Waals surface area (Å²) in [6.45, 7) is 2.27. The maximum Gasteiger partial charge on any atom is 0.435 e. The van der Waals surface area contributed by atoms with Crippen molar-refractivity contribution in [3.63, 3.8) is 0 Å². The molecule has 0 bridgehead atoms. The van der Waals surface area contributed by atoms with E-state index in [2.05, 4.69) is 0 Å². The summed E-state index contributed by atoms with van der Waals surface area (Å²) in [5, 5.41) is 1.32. The van der Waals surface area contributed by atoms with Crippen molar-refractivity contribution in [3.05, 3.63) is 71.8 Å². The van der Waals surface area contributed by atoms with Crippen LogP contribution in [0.5, 0.6) is 0 Å². The summed E-state index contributed by atoms with van der Waals surface area (Å²) >= 11 is 0. The van der Waals surface area contributed by atoms with Gasteiger partial charge in [-0.3, -0.25) is 4.84 Å². The minimum absolute atomic E-state index is 0.163. The van der Waals surface area contributed by atoms with Gasteiger partial charge in [0.2, 0.25) is 0 Å². The summed E-state index contributed by atoms with van der Waals surface area (Å²) in [7, 11) is 0. The van der Waals surface area contributed by atoms with E-state index in [1.54, 1.807) is 0 Å². The highest BCUT2D eigenvalue weighted by Gasteiger charge is 2.40. The molecule has 0 spiro atoms. The van der Waals surface area contributed by atoms with E-state index in [4.69, 9.17) is 9.57 Å². The third-order valence-electron chi connectivity index (χ3n) is 3.56. The third kappa shape index (κ3) is 2.90. The molecule has 4 heteroatoms. The summed E-state index contributed by atoms with van der Waals surface area (Å²) < 4.78 is 5.42. The van der Waals surface area contributed by atoms with Gasteiger partial charge in [-0.25, -0.2) is 4.79 Å². The van der Waals surface area contributed by atoms with Gasteiger partial charge in [0.25, 0.3) is 0 Å². The molecule has 0 aliphatic carbocycles. The second-order valence-corrected chi connectivity index (χ2v) is 5.04. The lowest BCUT2D eigenvalue weighted by Gasteiger charge is -2.20. The smallest absolute Gasteiger partial charge is 0.435 e. The van der Waals surface area contributed by atoms with Crippen molar-refractivity contribution in [3.8, 4) is 0 Å². The van der Waals surface area contributed by atoms with E-state index in [1.807, 2.05) is 67.6 Å². The largest absolute Gasteiger partial charge is 0.437 e. The molecule has 0 unspecified atom stereocenters. The fourth-order valence-electron chi connectivity index (χ4n) is 2.43. The third-order valence-corrected chi connectivity index (χ3v) is 3.56. The first-order chi connectivity index (χ1) is 10.3. The minimum atomic E-state index is -0.438. The van der Waals surface area contributed by atoms with Gasteiger partial charge in [-0.15, -0.1) is 0 Å². The van der Waals surface area contributed by atoms with Crippen molar-refractivity contribution in [2.45, 2.75) is 25.7 Å². The van der Waals surface area contributed by atoms with Crippen LogP contribution in [0, 0.1) is 0 Å². The average Bonchev–Trinajstić information content (AvgIpc) is 2.82. The van der Waals surface area contributed by atoms with Gasteiger partial charge >= 0.3 is 6.09 Å². The SMILES string of the molecule is C[C@H]1[C@H](c2ccccc2)OC(=O)N1OCc1ccccc1. The fraction of sp³-hybridized carbons (Fsp3) is 0.235. The molecule has 1 aliphatic heterocycles. The standard InChI is InChI=1S/C17H17NO3/c1-13-16(15-10-6-3-7-11-15)21-17(19)18(13)20-12-14-8-4-2-5-9-14/h2-11,13,16H,12H2,1H3/t13-,16+/m0/s1. The van der Waals surface area contributed by atoms with Crippen molar-refractivity contribution >= 4 is 6.09 Å². The van der Waals surface area contributed by atoms with E-state index in [1.165, 1.54) is 5.06 Å². The molecular formula is C17H17NO3. The molecule has 1 aliphatic rings. The van der Waals surface area contributed by atoms with Crippen LogP contribution in [0.15, 0.2) is 60.7 Å². The summed E-state index contributed by atoms with van der Waals surface area (Å²) in [6, 6.07) is 19.3. The first-order valence-electron chi connectivity index (χ1n) is 6.97. The van der Waals surface area contributed by atoms with Crippen LogP contribution in [0.3, 0.4) is 0 Å². The molecule has 1 saturated heterocycles. The van der Waals surface area contributed by atoms with E-state index < -0.39 is 6.09 Å². The van der Waals surface area contributed by atoms with Crippen molar-refractivity contribution < 1.29 is 14.4 Å². The van der Waals surface area contributed by atoms with E-state index >= 15 is 0 Å². The number of hydroxylamine groups is 2. The lowest BCUT2D eigenvalue weighted by molar-refractivity contribution is -0.140. The molecule has 0 radical (unpaired) electrons. The van der Waals surface area contributed by atoms with E-state index in [9.17, 15) is 4.79 Å². The van der Waals surface area contributed by atoms with Gasteiger partial charge in [0.05, 0.1) is 0 Å². The monoisotopic (exact) mass is 283 g/mol. The summed E-state index contributed by atoms with van der Waals surface area (Å²) in [5.74, 6) is 0. The molecule has 3 rings (SSSR count). The molecule has 2 aromatic rings. The Balaban J connectivity index is 1.68. The quantitative estimate of drug-likeness (QED) is 0.858. The Kier molecular flexibility index (Phi) is 3.88. The number of carbonyl (C=O) groups excluding carboxylic acids is 1. The van der Waals surface area contributed by atoms with Crippen molar-refractivity contribution in [1.29, 1.82) is 0 Å². The van der Waals surface area contributed by atoms with E-state index in [-0.39, 0.29) is 12.1 Å². The highest BCUT2D eigenvalue weighted by Crippen LogP contribution is 2.32. The van der Waals surface area contributed by atoms with Crippen LogP contribution in [-0.4, -0.2) is 17.2 Å². The van der Waals surface area contributed by atoms with Crippen LogP contribution in [0.4, 0.5) is 4.79 Å². The summed E-state index contributed by atoms with van der Waals surface area (Å²) in [5.41, 5.74) is 1.99. The predicted octanol–water partition coefficient (Wildman–Crippen LogP) is 3.70. The number of amides is 1. The van der Waals surface area contributed by atoms with E-state index in [0.29, 0.717) is 6.61 Å². The van der Waals surface area contributed by atoms with Gasteiger partial charge in [-0.1, -0.05) is 60.7 Å². The molecule has 0 N–H and O–H groups in total. The molecule has 1 heterocycles. The number of nitrogens with zero attached hydrogens (tertiary/aromatic N) is 1. The van der Waals surface area contributed by atoms with Crippen LogP contribution >= 0.6 is 0 Å². The normalized spacial score (nSPS) is 21.4. The van der Waals surface area contributed by atoms with Gasteiger partial charge in [-0.2, -0.15) is 5.06 Å². The zero-order chi connectivity index (χ0) is 14.7. The second kappa shape index (κ2) is 5.97. The Labute approximate surface area is 123 Å². The van der Waals surface area contributed by atoms with Crippen LogP contribution in [0.2, 0.25) is 0 Å². The zero-order valence-electron chi connectivity index (χ0n) is 11.8. The van der Waals surface area contributed by atoms with Crippen LogP contribution in [-0.2, 0) is 16.2 Å². The second-order valence-electron chi connectivity index (χ2n) is 5.04. The highest BCUT2D eigenvalue weighted by atomic mass is 16.7. The van der Waals surface area contributed by atoms with Crippen molar-refractivity contribution in [1.82, 2.24) is 5.06 Å². The van der Waals surface area contributed by atoms with Crippen LogP contribution < -0.4 is 0 Å². The van der Waals surface area contributed by atoms with Gasteiger partial charge in [0, 0.05) is 0 Å². The summed E-state index contributed by atoms with van der Waals surface area (Å²) in [4.78, 5) is 17.6. The molecule has 21 heavy (non-hydrogen) atoms. The topological polar surface area (TPSA) is 38.8 Å². The number of hydrogen-bond donors (Lipinski definition) is 0. The lowest BCUT2D eigenvalue weighted by atomic mass is 10.0. The summed E-state index contributed by atoms with van der Waals surface area (Å²) in [6.07, 6.45) is -0.734. The number of ether oxygens (including phenoxy) is 1. The molecule has 4 nitrogen and oxygen atoms in total. The molecule has 1 fully saturated rings. The molecule has 2 aromatic carbocycles. The number of rotatable bonds is 4. The van der Waals surface area contributed by atoms with Crippen LogP contribution in [0.25, 0.3) is 0 Å². The maximum absolute atomic E-state index is 12.0. The van der Waals surface area contributed by atoms with Gasteiger partial charge in [0.15, 0.2) is 6.10 Å². The Morgan fingerprint density at radius 1 is 1.05 bits per heavy atom. The highest BCUT2D eigenvalue weighted by molar-refractivity contribution is 5.69. The Morgan fingerprint density at radius 2 is 1.67 bits per heavy atom. The van der Waals surface area contributed by atoms with Gasteiger partial charge < -0.3 is 4.74 Å². The molecule has 2 atom stereocenters. The fourth-order valence-corrected chi connectivity index (χ4v) is 2.43. The van der Waals surface area contributed by atoms with Gasteiger partial charge in [-0.05, 0) is 18.1 Å².